The number of nitrogens with zero attached hydrogens (tertiary/aromatic N) is 1. The zero-order valence-corrected chi connectivity index (χ0v) is 11.4. The van der Waals surface area contributed by atoms with Crippen molar-refractivity contribution in [1.82, 2.24) is 0 Å². The van der Waals surface area contributed by atoms with Crippen LogP contribution in [0, 0.1) is 10.1 Å². The van der Waals surface area contributed by atoms with Gasteiger partial charge in [0, 0.05) is 23.9 Å². The minimum Gasteiger partial charge on any atom is -0.427 e. The summed E-state index contributed by atoms with van der Waals surface area (Å²) in [5.41, 5.74) is -0.0212. The van der Waals surface area contributed by atoms with Gasteiger partial charge in [-0.3, -0.25) is 14.9 Å². The van der Waals surface area contributed by atoms with Crippen LogP contribution in [-0.2, 0) is 4.79 Å². The van der Waals surface area contributed by atoms with Crippen LogP contribution in [0.15, 0.2) is 24.3 Å². The molecule has 0 aliphatic carbocycles. The van der Waals surface area contributed by atoms with Gasteiger partial charge in [-0.1, -0.05) is 22.4 Å². The van der Waals surface area contributed by atoms with Crippen LogP contribution in [0.2, 0.25) is 0 Å². The third kappa shape index (κ3) is 5.27. The summed E-state index contributed by atoms with van der Waals surface area (Å²) in [6, 6.07) is 5.48. The number of unbranched alkanes of at least 4 members (excludes halogenated alkanes) is 2. The Labute approximate surface area is 113 Å². The van der Waals surface area contributed by atoms with Gasteiger partial charge in [-0.2, -0.15) is 0 Å². The summed E-state index contributed by atoms with van der Waals surface area (Å²) in [5, 5.41) is 11.4. The standard InChI is InChI=1S/C12H14BrNO4/c13-9-3-1-2-4-12(15)18-11-7-5-10(6-8-11)14(16)17/h5-8H,1-4,9H2. The Morgan fingerprint density at radius 2 is 1.89 bits per heavy atom. The van der Waals surface area contributed by atoms with Crippen LogP contribution in [-0.4, -0.2) is 16.2 Å². The maximum Gasteiger partial charge on any atom is 0.311 e. The molecule has 0 bridgehead atoms. The summed E-state index contributed by atoms with van der Waals surface area (Å²) in [7, 11) is 0. The third-order valence-electron chi connectivity index (χ3n) is 2.29. The Kier molecular flexibility index (Phi) is 6.35. The molecule has 0 N–H and O–H groups in total. The summed E-state index contributed by atoms with van der Waals surface area (Å²) >= 11 is 3.32. The van der Waals surface area contributed by atoms with Crippen molar-refractivity contribution in [3.05, 3.63) is 34.4 Å². The molecule has 0 fully saturated rings. The Morgan fingerprint density at radius 1 is 1.22 bits per heavy atom. The zero-order valence-electron chi connectivity index (χ0n) is 9.80. The molecule has 0 heterocycles. The van der Waals surface area contributed by atoms with E-state index in [0.717, 1.165) is 24.6 Å². The van der Waals surface area contributed by atoms with E-state index in [4.69, 9.17) is 4.74 Å². The van der Waals surface area contributed by atoms with E-state index in [9.17, 15) is 14.9 Å². The van der Waals surface area contributed by atoms with Crippen LogP contribution in [0.5, 0.6) is 5.75 Å². The summed E-state index contributed by atoms with van der Waals surface area (Å²) < 4.78 is 5.06. The number of hydrogen-bond donors (Lipinski definition) is 0. The van der Waals surface area contributed by atoms with Gasteiger partial charge in [-0.25, -0.2) is 0 Å². The minimum absolute atomic E-state index is 0.0212. The Morgan fingerprint density at radius 3 is 2.44 bits per heavy atom. The van der Waals surface area contributed by atoms with Crippen LogP contribution in [0.4, 0.5) is 5.69 Å². The minimum atomic E-state index is -0.494. The van der Waals surface area contributed by atoms with Crippen LogP contribution < -0.4 is 4.74 Å². The molecule has 98 valence electrons. The summed E-state index contributed by atoms with van der Waals surface area (Å²) in [4.78, 5) is 21.4. The quantitative estimate of drug-likeness (QED) is 0.193. The van der Waals surface area contributed by atoms with E-state index in [2.05, 4.69) is 15.9 Å². The van der Waals surface area contributed by atoms with Gasteiger partial charge in [-0.05, 0) is 25.0 Å². The number of ether oxygens (including phenoxy) is 1. The fourth-order valence-electron chi connectivity index (χ4n) is 1.36. The van der Waals surface area contributed by atoms with Gasteiger partial charge < -0.3 is 4.74 Å². The number of rotatable bonds is 7. The molecule has 0 amide bonds. The van der Waals surface area contributed by atoms with E-state index in [0.29, 0.717) is 12.2 Å². The van der Waals surface area contributed by atoms with Crippen molar-refractivity contribution in [3.63, 3.8) is 0 Å². The number of carbonyl (C=O) groups excluding carboxylic acids is 1. The van der Waals surface area contributed by atoms with Crippen molar-refractivity contribution in [3.8, 4) is 5.75 Å². The van der Waals surface area contributed by atoms with E-state index < -0.39 is 4.92 Å². The lowest BCUT2D eigenvalue weighted by molar-refractivity contribution is -0.384. The first-order valence-corrected chi connectivity index (χ1v) is 6.76. The lowest BCUT2D eigenvalue weighted by Crippen LogP contribution is -2.07. The molecule has 1 aromatic carbocycles. The van der Waals surface area contributed by atoms with Crippen molar-refractivity contribution >= 4 is 27.6 Å². The van der Waals surface area contributed by atoms with Crippen molar-refractivity contribution < 1.29 is 14.5 Å². The van der Waals surface area contributed by atoms with Crippen molar-refractivity contribution in [2.45, 2.75) is 25.7 Å². The molecule has 0 aliphatic heterocycles. The maximum atomic E-state index is 11.4. The number of benzene rings is 1. The molecule has 0 saturated carbocycles. The Hall–Kier alpha value is -1.43. The first-order chi connectivity index (χ1) is 8.63. The zero-order chi connectivity index (χ0) is 13.4. The average Bonchev–Trinajstić information content (AvgIpc) is 2.35. The van der Waals surface area contributed by atoms with Crippen molar-refractivity contribution in [2.24, 2.45) is 0 Å². The predicted molar refractivity (Wildman–Crippen MR) is 71.0 cm³/mol. The number of esters is 1. The Bertz CT molecular complexity index is 405. The predicted octanol–water partition coefficient (Wildman–Crippen LogP) is 3.46. The SMILES string of the molecule is O=C(CCCCCBr)Oc1ccc([N+](=O)[O-])cc1. The second kappa shape index (κ2) is 7.81. The molecule has 0 aliphatic rings. The lowest BCUT2D eigenvalue weighted by Gasteiger charge is -2.03. The highest BCUT2D eigenvalue weighted by Crippen LogP contribution is 2.18. The summed E-state index contributed by atoms with van der Waals surface area (Å²) in [6.45, 7) is 0. The summed E-state index contributed by atoms with van der Waals surface area (Å²) in [6.07, 6.45) is 3.16. The molecular formula is C12H14BrNO4. The second-order valence-electron chi connectivity index (χ2n) is 3.72. The lowest BCUT2D eigenvalue weighted by atomic mass is 10.2. The number of nitro groups is 1. The van der Waals surface area contributed by atoms with Crippen LogP contribution in [0.3, 0.4) is 0 Å². The van der Waals surface area contributed by atoms with Crippen molar-refractivity contribution in [1.29, 1.82) is 0 Å². The number of halogens is 1. The van der Waals surface area contributed by atoms with Gasteiger partial charge in [0.25, 0.3) is 5.69 Å². The molecule has 0 unspecified atom stereocenters. The molecule has 0 spiro atoms. The largest absolute Gasteiger partial charge is 0.427 e. The molecule has 18 heavy (non-hydrogen) atoms. The smallest absolute Gasteiger partial charge is 0.311 e. The normalized spacial score (nSPS) is 10.1. The van der Waals surface area contributed by atoms with E-state index in [1.165, 1.54) is 24.3 Å². The molecule has 0 radical (unpaired) electrons. The molecule has 1 aromatic rings. The molecule has 0 aromatic heterocycles. The van der Waals surface area contributed by atoms with Gasteiger partial charge in [0.15, 0.2) is 0 Å². The van der Waals surface area contributed by atoms with E-state index >= 15 is 0 Å². The second-order valence-corrected chi connectivity index (χ2v) is 4.52. The number of hydrogen-bond acceptors (Lipinski definition) is 4. The van der Waals surface area contributed by atoms with Gasteiger partial charge in [0.05, 0.1) is 4.92 Å². The fraction of sp³-hybridized carbons (Fsp3) is 0.417. The monoisotopic (exact) mass is 315 g/mol. The highest BCUT2D eigenvalue weighted by molar-refractivity contribution is 9.09. The molecule has 5 nitrogen and oxygen atoms in total. The van der Waals surface area contributed by atoms with Gasteiger partial charge in [0.2, 0.25) is 0 Å². The number of non-ortho nitro benzene ring substituents is 1. The molecule has 1 rings (SSSR count). The van der Waals surface area contributed by atoms with Gasteiger partial charge >= 0.3 is 5.97 Å². The number of carbonyl (C=O) groups is 1. The highest BCUT2D eigenvalue weighted by Gasteiger charge is 2.07. The fourth-order valence-corrected chi connectivity index (χ4v) is 1.76. The molecular weight excluding hydrogens is 302 g/mol. The van der Waals surface area contributed by atoms with Crippen LogP contribution in [0.25, 0.3) is 0 Å². The van der Waals surface area contributed by atoms with E-state index in [1.807, 2.05) is 0 Å². The Balaban J connectivity index is 2.37. The van der Waals surface area contributed by atoms with Gasteiger partial charge in [-0.15, -0.1) is 0 Å². The van der Waals surface area contributed by atoms with Crippen LogP contribution >= 0.6 is 15.9 Å². The molecule has 0 saturated heterocycles. The first kappa shape index (κ1) is 14.6. The maximum absolute atomic E-state index is 11.4. The molecule has 0 atom stereocenters. The average molecular weight is 316 g/mol. The first-order valence-electron chi connectivity index (χ1n) is 5.64. The summed E-state index contributed by atoms with van der Waals surface area (Å²) in [5.74, 6) is 0.0320. The topological polar surface area (TPSA) is 69.4 Å². The number of nitro benzene ring substituents is 1. The van der Waals surface area contributed by atoms with Crippen LogP contribution in [0.1, 0.15) is 25.7 Å². The van der Waals surface area contributed by atoms with E-state index in [1.54, 1.807) is 0 Å². The third-order valence-corrected chi connectivity index (χ3v) is 2.85. The van der Waals surface area contributed by atoms with E-state index in [-0.39, 0.29) is 11.7 Å². The molecule has 6 heteroatoms. The highest BCUT2D eigenvalue weighted by atomic mass is 79.9. The number of alkyl halides is 1. The van der Waals surface area contributed by atoms with Gasteiger partial charge in [0.1, 0.15) is 5.75 Å². The van der Waals surface area contributed by atoms with Crippen molar-refractivity contribution in [2.75, 3.05) is 5.33 Å².